The van der Waals surface area contributed by atoms with Crippen LogP contribution in [0.4, 0.5) is 14.9 Å². The van der Waals surface area contributed by atoms with Crippen molar-refractivity contribution in [2.75, 3.05) is 18.6 Å². The quantitative estimate of drug-likeness (QED) is 0.564. The third-order valence-electron chi connectivity index (χ3n) is 5.46. The Hall–Kier alpha value is -4.21. The number of methoxy groups -OCH3 is 1. The standard InChI is InChI=1S/C24H25FN6O3/c1-16-14-29(15-27-16)23-21(34-3)12-18(13-26-23)4-9-22(32)28-30-11-10-17(2)31(24(30)33)20-7-5-19(25)6-8-20/h4-9,12-15,17H,10-11H2,1-3H3,(H,28,32). The molecule has 0 spiro atoms. The Morgan fingerprint density at radius 2 is 2.03 bits per heavy atom. The molecule has 3 heterocycles. The van der Waals surface area contributed by atoms with Gasteiger partial charge in [0.2, 0.25) is 0 Å². The van der Waals surface area contributed by atoms with E-state index in [1.165, 1.54) is 28.1 Å². The Balaban J connectivity index is 1.44. The van der Waals surface area contributed by atoms with Gasteiger partial charge in [-0.15, -0.1) is 0 Å². The molecule has 1 saturated heterocycles. The maximum Gasteiger partial charge on any atom is 0.343 e. The molecule has 0 radical (unpaired) electrons. The fourth-order valence-corrected chi connectivity index (χ4v) is 3.70. The van der Waals surface area contributed by atoms with Gasteiger partial charge in [0.05, 0.1) is 12.8 Å². The Labute approximate surface area is 196 Å². The molecule has 0 bridgehead atoms. The summed E-state index contributed by atoms with van der Waals surface area (Å²) in [6.45, 7) is 4.16. The smallest absolute Gasteiger partial charge is 0.343 e. The molecule has 3 amide bonds. The molecule has 4 rings (SSSR count). The number of benzene rings is 1. The minimum Gasteiger partial charge on any atom is -0.493 e. The van der Waals surface area contributed by atoms with E-state index in [0.29, 0.717) is 35.8 Å². The molecule has 1 aromatic carbocycles. The number of imidazole rings is 1. The van der Waals surface area contributed by atoms with Crippen LogP contribution in [0.5, 0.6) is 5.75 Å². The van der Waals surface area contributed by atoms with Crippen LogP contribution in [0.2, 0.25) is 0 Å². The van der Waals surface area contributed by atoms with Crippen molar-refractivity contribution in [2.45, 2.75) is 26.3 Å². The van der Waals surface area contributed by atoms with Gasteiger partial charge in [-0.1, -0.05) is 0 Å². The number of aromatic nitrogens is 3. The van der Waals surface area contributed by atoms with Gasteiger partial charge in [0, 0.05) is 36.7 Å². The molecule has 176 valence electrons. The van der Waals surface area contributed by atoms with Crippen LogP contribution >= 0.6 is 0 Å². The van der Waals surface area contributed by atoms with E-state index >= 15 is 0 Å². The summed E-state index contributed by atoms with van der Waals surface area (Å²) in [4.78, 5) is 35.6. The van der Waals surface area contributed by atoms with Crippen molar-refractivity contribution in [3.05, 3.63) is 72.2 Å². The van der Waals surface area contributed by atoms with Crippen LogP contribution < -0.4 is 15.1 Å². The molecule has 2 aromatic heterocycles. The number of rotatable bonds is 6. The Morgan fingerprint density at radius 1 is 1.26 bits per heavy atom. The van der Waals surface area contributed by atoms with Gasteiger partial charge < -0.3 is 4.74 Å². The monoisotopic (exact) mass is 464 g/mol. The maximum atomic E-state index is 13.3. The van der Waals surface area contributed by atoms with Gasteiger partial charge in [-0.05, 0) is 62.2 Å². The predicted molar refractivity (Wildman–Crippen MR) is 125 cm³/mol. The van der Waals surface area contributed by atoms with Crippen molar-refractivity contribution in [3.8, 4) is 11.6 Å². The molecule has 1 atom stereocenters. The predicted octanol–water partition coefficient (Wildman–Crippen LogP) is 3.49. The van der Waals surface area contributed by atoms with E-state index in [1.807, 2.05) is 20.0 Å². The summed E-state index contributed by atoms with van der Waals surface area (Å²) in [5.74, 6) is 0.263. The summed E-state index contributed by atoms with van der Waals surface area (Å²) >= 11 is 0. The zero-order valence-corrected chi connectivity index (χ0v) is 19.1. The van der Waals surface area contributed by atoms with Gasteiger partial charge >= 0.3 is 6.03 Å². The zero-order chi connectivity index (χ0) is 24.2. The topological polar surface area (TPSA) is 92.6 Å². The van der Waals surface area contributed by atoms with Gasteiger partial charge in [0.1, 0.15) is 12.1 Å². The molecule has 10 heteroatoms. The van der Waals surface area contributed by atoms with Crippen LogP contribution in [-0.4, -0.2) is 51.2 Å². The van der Waals surface area contributed by atoms with Gasteiger partial charge in [-0.3, -0.25) is 19.7 Å². The Bertz CT molecular complexity index is 1220. The molecular weight excluding hydrogens is 439 g/mol. The van der Waals surface area contributed by atoms with E-state index in [1.54, 1.807) is 48.5 Å². The van der Waals surface area contributed by atoms with Gasteiger partial charge in [0.15, 0.2) is 11.6 Å². The van der Waals surface area contributed by atoms with Crippen LogP contribution in [0.3, 0.4) is 0 Å². The number of pyridine rings is 1. The minimum atomic E-state index is -0.463. The number of nitrogens with zero attached hydrogens (tertiary/aromatic N) is 5. The molecular formula is C24H25FN6O3. The molecule has 1 unspecified atom stereocenters. The number of amides is 3. The third kappa shape index (κ3) is 4.90. The van der Waals surface area contributed by atoms with E-state index < -0.39 is 5.91 Å². The highest BCUT2D eigenvalue weighted by Crippen LogP contribution is 2.25. The molecule has 34 heavy (non-hydrogen) atoms. The summed E-state index contributed by atoms with van der Waals surface area (Å²) in [7, 11) is 1.54. The second-order valence-corrected chi connectivity index (χ2v) is 7.94. The number of hydrazine groups is 1. The fraction of sp³-hybridized carbons (Fsp3) is 0.250. The van der Waals surface area contributed by atoms with Crippen LogP contribution in [0, 0.1) is 12.7 Å². The molecule has 1 fully saturated rings. The fourth-order valence-electron chi connectivity index (χ4n) is 3.70. The van der Waals surface area contributed by atoms with Gasteiger partial charge in [-0.2, -0.15) is 0 Å². The minimum absolute atomic E-state index is 0.0852. The Morgan fingerprint density at radius 3 is 2.71 bits per heavy atom. The molecule has 3 aromatic rings. The molecule has 1 aliphatic rings. The van der Waals surface area contributed by atoms with Crippen molar-refractivity contribution >= 4 is 23.7 Å². The number of hydrogen-bond acceptors (Lipinski definition) is 5. The van der Waals surface area contributed by atoms with Crippen LogP contribution in [0.15, 0.2) is 55.1 Å². The number of anilines is 1. The second kappa shape index (κ2) is 9.74. The number of ether oxygens (including phenoxy) is 1. The van der Waals surface area contributed by atoms with Crippen molar-refractivity contribution in [3.63, 3.8) is 0 Å². The third-order valence-corrected chi connectivity index (χ3v) is 5.46. The number of hydrogen-bond donors (Lipinski definition) is 1. The van der Waals surface area contributed by atoms with Gasteiger partial charge in [-0.25, -0.2) is 24.2 Å². The second-order valence-electron chi connectivity index (χ2n) is 7.94. The lowest BCUT2D eigenvalue weighted by molar-refractivity contribution is -0.120. The number of carbonyl (C=O) groups excluding carboxylic acids is 2. The van der Waals surface area contributed by atoms with Crippen molar-refractivity contribution in [1.82, 2.24) is 25.0 Å². The van der Waals surface area contributed by atoms with E-state index in [0.717, 1.165) is 5.69 Å². The number of carbonyl (C=O) groups is 2. The van der Waals surface area contributed by atoms with Crippen molar-refractivity contribution < 1.29 is 18.7 Å². The average Bonchev–Trinajstić information content (AvgIpc) is 3.26. The lowest BCUT2D eigenvalue weighted by Gasteiger charge is -2.39. The highest BCUT2D eigenvalue weighted by molar-refractivity contribution is 5.97. The highest BCUT2D eigenvalue weighted by Gasteiger charge is 2.32. The van der Waals surface area contributed by atoms with E-state index in [4.69, 9.17) is 4.74 Å². The number of urea groups is 1. The first-order valence-corrected chi connectivity index (χ1v) is 10.8. The lowest BCUT2D eigenvalue weighted by Crippen LogP contribution is -2.59. The largest absolute Gasteiger partial charge is 0.493 e. The SMILES string of the molecule is COc1cc(C=CC(=O)NN2CCC(C)N(c3ccc(F)cc3)C2=O)cnc1-n1cnc(C)c1. The summed E-state index contributed by atoms with van der Waals surface area (Å²) in [6.07, 6.45) is 8.65. The Kier molecular flexibility index (Phi) is 6.58. The first kappa shape index (κ1) is 23.0. The first-order valence-electron chi connectivity index (χ1n) is 10.8. The number of halogens is 1. The summed E-state index contributed by atoms with van der Waals surface area (Å²) in [5, 5.41) is 1.26. The summed E-state index contributed by atoms with van der Waals surface area (Å²) in [6, 6.07) is 6.99. The van der Waals surface area contributed by atoms with Crippen LogP contribution in [0.1, 0.15) is 24.6 Å². The molecule has 9 nitrogen and oxygen atoms in total. The average molecular weight is 465 g/mol. The van der Waals surface area contributed by atoms with Crippen LogP contribution in [-0.2, 0) is 4.79 Å². The normalized spacial score (nSPS) is 16.2. The van der Waals surface area contributed by atoms with E-state index in [9.17, 15) is 14.0 Å². The molecule has 0 saturated carbocycles. The highest BCUT2D eigenvalue weighted by atomic mass is 19.1. The molecule has 1 aliphatic heterocycles. The zero-order valence-electron chi connectivity index (χ0n) is 19.1. The van der Waals surface area contributed by atoms with Crippen molar-refractivity contribution in [2.24, 2.45) is 0 Å². The van der Waals surface area contributed by atoms with Crippen LogP contribution in [0.25, 0.3) is 11.9 Å². The number of nitrogens with one attached hydrogen (secondary N) is 1. The molecule has 0 aliphatic carbocycles. The lowest BCUT2D eigenvalue weighted by atomic mass is 10.1. The summed E-state index contributed by atoms with van der Waals surface area (Å²) in [5.41, 5.74) is 4.69. The summed E-state index contributed by atoms with van der Waals surface area (Å²) < 4.78 is 20.5. The number of aryl methyl sites for hydroxylation is 1. The van der Waals surface area contributed by atoms with E-state index in [2.05, 4.69) is 15.4 Å². The van der Waals surface area contributed by atoms with E-state index in [-0.39, 0.29) is 17.9 Å². The first-order chi connectivity index (χ1) is 16.4. The van der Waals surface area contributed by atoms with Gasteiger partial charge in [0.25, 0.3) is 5.91 Å². The van der Waals surface area contributed by atoms with Crippen molar-refractivity contribution in [1.29, 1.82) is 0 Å². The molecule has 1 N–H and O–H groups in total. The maximum absolute atomic E-state index is 13.3.